The van der Waals surface area contributed by atoms with Crippen LogP contribution in [-0.4, -0.2) is 38.1 Å². The van der Waals surface area contributed by atoms with Crippen LogP contribution in [-0.2, 0) is 0 Å². The summed E-state index contributed by atoms with van der Waals surface area (Å²) >= 11 is 3.24. The van der Waals surface area contributed by atoms with Gasteiger partial charge in [-0.05, 0) is 0 Å². The van der Waals surface area contributed by atoms with Crippen molar-refractivity contribution in [3.8, 4) is 0 Å². The first-order valence-corrected chi connectivity index (χ1v) is 6.15. The molecule has 0 amide bonds. The van der Waals surface area contributed by atoms with Gasteiger partial charge < -0.3 is 0 Å². The quantitative estimate of drug-likeness (QED) is 0.520. The molecule has 0 aromatic heterocycles. The SMILES string of the molecule is C=CCC(CC=C)C(=[Se])N1CCCC1. The van der Waals surface area contributed by atoms with Gasteiger partial charge in [-0.2, -0.15) is 0 Å². The zero-order valence-corrected chi connectivity index (χ0v) is 10.5. The van der Waals surface area contributed by atoms with Crippen LogP contribution in [0.15, 0.2) is 25.3 Å². The van der Waals surface area contributed by atoms with Crippen LogP contribution in [0.5, 0.6) is 0 Å². The predicted octanol–water partition coefficient (Wildman–Crippen LogP) is 2.15. The zero-order valence-electron chi connectivity index (χ0n) is 8.74. The Morgan fingerprint density at radius 1 is 1.21 bits per heavy atom. The third-order valence-electron chi connectivity index (χ3n) is 2.67. The van der Waals surface area contributed by atoms with Gasteiger partial charge in [0.25, 0.3) is 0 Å². The molecule has 1 saturated heterocycles. The summed E-state index contributed by atoms with van der Waals surface area (Å²) < 4.78 is 1.40. The molecular formula is C12H19NSe. The minimum absolute atomic E-state index is 0.572. The van der Waals surface area contributed by atoms with Gasteiger partial charge in [0.1, 0.15) is 0 Å². The number of nitrogens with zero attached hydrogens (tertiary/aromatic N) is 1. The van der Waals surface area contributed by atoms with E-state index in [-0.39, 0.29) is 0 Å². The van der Waals surface area contributed by atoms with E-state index in [0.717, 1.165) is 12.8 Å². The van der Waals surface area contributed by atoms with Gasteiger partial charge in [-0.15, -0.1) is 0 Å². The maximum atomic E-state index is 3.81. The van der Waals surface area contributed by atoms with Crippen LogP contribution in [0.2, 0.25) is 0 Å². The normalized spacial score (nSPS) is 15.9. The molecular weight excluding hydrogens is 237 g/mol. The predicted molar refractivity (Wildman–Crippen MR) is 64.7 cm³/mol. The first-order valence-electron chi connectivity index (χ1n) is 5.30. The molecule has 0 aromatic carbocycles. The molecule has 1 aliphatic rings. The molecule has 0 spiro atoms. The molecule has 0 unspecified atom stereocenters. The van der Waals surface area contributed by atoms with E-state index < -0.39 is 0 Å². The van der Waals surface area contributed by atoms with E-state index >= 15 is 0 Å². The van der Waals surface area contributed by atoms with Crippen molar-refractivity contribution < 1.29 is 0 Å². The molecule has 1 rings (SSSR count). The molecule has 0 aromatic rings. The van der Waals surface area contributed by atoms with Crippen molar-refractivity contribution in [2.24, 2.45) is 5.92 Å². The standard InChI is InChI=1S/C12H19NSe/c1-3-7-11(8-4-2)12(14)13-9-5-6-10-13/h3-4,11H,1-2,5-10H2. The van der Waals surface area contributed by atoms with Crippen LogP contribution in [0, 0.1) is 5.92 Å². The van der Waals surface area contributed by atoms with E-state index in [0.29, 0.717) is 5.92 Å². The average molecular weight is 256 g/mol. The van der Waals surface area contributed by atoms with E-state index in [2.05, 4.69) is 33.6 Å². The minimum atomic E-state index is 0.572. The van der Waals surface area contributed by atoms with Crippen molar-refractivity contribution in [3.05, 3.63) is 25.3 Å². The molecule has 0 N–H and O–H groups in total. The summed E-state index contributed by atoms with van der Waals surface area (Å²) in [6.45, 7) is 10.1. The first kappa shape index (κ1) is 11.7. The van der Waals surface area contributed by atoms with Crippen molar-refractivity contribution >= 4 is 20.1 Å². The molecule has 1 heterocycles. The number of allylic oxidation sites excluding steroid dienone is 2. The monoisotopic (exact) mass is 257 g/mol. The molecule has 1 nitrogen and oxygen atoms in total. The van der Waals surface area contributed by atoms with Gasteiger partial charge >= 0.3 is 95.0 Å². The van der Waals surface area contributed by atoms with Crippen LogP contribution in [0.3, 0.4) is 0 Å². The van der Waals surface area contributed by atoms with Gasteiger partial charge in [-0.25, -0.2) is 0 Å². The Morgan fingerprint density at radius 2 is 1.71 bits per heavy atom. The Morgan fingerprint density at radius 3 is 2.14 bits per heavy atom. The summed E-state index contributed by atoms with van der Waals surface area (Å²) in [6.07, 6.45) is 8.76. The van der Waals surface area contributed by atoms with Gasteiger partial charge in [-0.3, -0.25) is 0 Å². The van der Waals surface area contributed by atoms with E-state index in [1.54, 1.807) is 0 Å². The molecule has 0 bridgehead atoms. The fraction of sp³-hybridized carbons (Fsp3) is 0.583. The third kappa shape index (κ3) is 3.11. The van der Waals surface area contributed by atoms with E-state index in [9.17, 15) is 0 Å². The average Bonchev–Trinajstić information content (AvgIpc) is 2.69. The summed E-state index contributed by atoms with van der Waals surface area (Å²) in [5.74, 6) is 0.572. The van der Waals surface area contributed by atoms with Gasteiger partial charge in [0.2, 0.25) is 0 Å². The second-order valence-electron chi connectivity index (χ2n) is 3.78. The molecule has 0 aliphatic carbocycles. The molecule has 14 heavy (non-hydrogen) atoms. The molecule has 0 atom stereocenters. The third-order valence-corrected chi connectivity index (χ3v) is 3.91. The molecule has 0 radical (unpaired) electrons. The summed E-state index contributed by atoms with van der Waals surface area (Å²) in [5, 5.41) is 0. The Hall–Kier alpha value is -0.331. The number of hydrogen-bond acceptors (Lipinski definition) is 1. The number of hydrogen-bond donors (Lipinski definition) is 0. The summed E-state index contributed by atoms with van der Waals surface area (Å²) in [5.41, 5.74) is 0. The maximum absolute atomic E-state index is 3.81. The summed E-state index contributed by atoms with van der Waals surface area (Å²) in [4.78, 5) is 2.47. The fourth-order valence-corrected chi connectivity index (χ4v) is 2.68. The number of likely N-dealkylation sites (tertiary alicyclic amines) is 1. The van der Waals surface area contributed by atoms with Crippen LogP contribution in [0.4, 0.5) is 0 Å². The van der Waals surface area contributed by atoms with Crippen LogP contribution in [0.1, 0.15) is 25.7 Å². The molecule has 1 fully saturated rings. The molecule has 1 aliphatic heterocycles. The van der Waals surface area contributed by atoms with E-state index in [1.165, 1.54) is 30.5 Å². The Balaban J connectivity index is 2.51. The van der Waals surface area contributed by atoms with E-state index in [1.807, 2.05) is 12.2 Å². The second-order valence-corrected chi connectivity index (χ2v) is 4.66. The van der Waals surface area contributed by atoms with Crippen molar-refractivity contribution in [2.45, 2.75) is 25.7 Å². The zero-order chi connectivity index (χ0) is 10.4. The Kier molecular flexibility index (Phi) is 5.21. The van der Waals surface area contributed by atoms with Gasteiger partial charge in [0.15, 0.2) is 0 Å². The Bertz CT molecular complexity index is 206. The molecule has 78 valence electrons. The Labute approximate surface area is 95.2 Å². The van der Waals surface area contributed by atoms with Crippen LogP contribution in [0.25, 0.3) is 0 Å². The topological polar surface area (TPSA) is 3.24 Å². The first-order chi connectivity index (χ1) is 6.79. The second kappa shape index (κ2) is 6.21. The molecule has 2 heteroatoms. The fourth-order valence-electron chi connectivity index (χ4n) is 1.90. The van der Waals surface area contributed by atoms with Gasteiger partial charge in [0, 0.05) is 0 Å². The van der Waals surface area contributed by atoms with Crippen molar-refractivity contribution in [1.29, 1.82) is 0 Å². The van der Waals surface area contributed by atoms with Crippen LogP contribution < -0.4 is 0 Å². The van der Waals surface area contributed by atoms with Crippen LogP contribution >= 0.6 is 0 Å². The van der Waals surface area contributed by atoms with Crippen molar-refractivity contribution in [2.75, 3.05) is 13.1 Å². The number of rotatable bonds is 6. The van der Waals surface area contributed by atoms with Crippen molar-refractivity contribution in [3.63, 3.8) is 0 Å². The summed E-state index contributed by atoms with van der Waals surface area (Å²) in [7, 11) is 0. The summed E-state index contributed by atoms with van der Waals surface area (Å²) in [6, 6.07) is 0. The van der Waals surface area contributed by atoms with Crippen molar-refractivity contribution in [1.82, 2.24) is 4.90 Å². The van der Waals surface area contributed by atoms with Gasteiger partial charge in [-0.1, -0.05) is 0 Å². The van der Waals surface area contributed by atoms with Gasteiger partial charge in [0.05, 0.1) is 0 Å². The van der Waals surface area contributed by atoms with E-state index in [4.69, 9.17) is 0 Å². The molecule has 0 saturated carbocycles.